The predicted molar refractivity (Wildman–Crippen MR) is 68.1 cm³/mol. The number of carboxylic acid groups (broad SMARTS) is 2. The molecule has 0 saturated heterocycles. The molecule has 0 amide bonds. The Morgan fingerprint density at radius 2 is 1.53 bits per heavy atom. The van der Waals surface area contributed by atoms with E-state index in [-0.39, 0.29) is 6.54 Å². The highest BCUT2D eigenvalue weighted by molar-refractivity contribution is 5.75. The van der Waals surface area contributed by atoms with Crippen molar-refractivity contribution in [3.8, 4) is 0 Å². The second-order valence-corrected chi connectivity index (χ2v) is 3.80. The maximum Gasteiger partial charge on any atom is 0.325 e. The molecule has 102 valence electrons. The van der Waals surface area contributed by atoms with E-state index < -0.39 is 18.5 Å². The number of anilines is 2. The normalized spacial score (nSPS) is 9.74. The van der Waals surface area contributed by atoms with Crippen LogP contribution in [0.3, 0.4) is 0 Å². The molecule has 0 aliphatic heterocycles. The summed E-state index contributed by atoms with van der Waals surface area (Å²) < 4.78 is 0. The van der Waals surface area contributed by atoms with Gasteiger partial charge in [-0.2, -0.15) is 0 Å². The van der Waals surface area contributed by atoms with Crippen LogP contribution in [0.4, 0.5) is 11.4 Å². The molecule has 0 aromatic heterocycles. The van der Waals surface area contributed by atoms with Crippen molar-refractivity contribution in [3.63, 3.8) is 0 Å². The molecule has 0 heterocycles. The van der Waals surface area contributed by atoms with Gasteiger partial charge in [-0.1, -0.05) is 0 Å². The summed E-state index contributed by atoms with van der Waals surface area (Å²) in [5.74, 6) is -2.14. The Morgan fingerprint density at radius 3 is 1.95 bits per heavy atom. The van der Waals surface area contributed by atoms with Crippen molar-refractivity contribution in [2.75, 3.05) is 30.0 Å². The van der Waals surface area contributed by atoms with Gasteiger partial charge in [0.05, 0.1) is 11.0 Å². The monoisotopic (exact) mass is 267 g/mol. The van der Waals surface area contributed by atoms with Gasteiger partial charge in [-0.25, -0.2) is 5.01 Å². The standard InChI is InChI=1S/C11H13N3O5/c1-13(6-10(15)16)8-2-4-9(5-3-8)14(12-19)7-11(17)18/h2-5H,6-7H2,1H3,(H,15,16)(H,17,18). The largest absolute Gasteiger partial charge is 0.480 e. The molecule has 2 N–H and O–H groups in total. The molecule has 8 heteroatoms. The van der Waals surface area contributed by atoms with Crippen LogP contribution in [0.25, 0.3) is 0 Å². The molecule has 0 unspecified atom stereocenters. The fourth-order valence-corrected chi connectivity index (χ4v) is 1.47. The van der Waals surface area contributed by atoms with E-state index in [9.17, 15) is 14.5 Å². The minimum absolute atomic E-state index is 0.163. The van der Waals surface area contributed by atoms with Crippen molar-refractivity contribution in [2.45, 2.75) is 0 Å². The number of nitrogens with zero attached hydrogens (tertiary/aromatic N) is 3. The third-order valence-electron chi connectivity index (χ3n) is 2.34. The van der Waals surface area contributed by atoms with Crippen LogP contribution in [0.1, 0.15) is 0 Å². The van der Waals surface area contributed by atoms with E-state index in [1.807, 2.05) is 0 Å². The molecule has 0 atom stereocenters. The molecule has 0 saturated carbocycles. The smallest absolute Gasteiger partial charge is 0.325 e. The van der Waals surface area contributed by atoms with Crippen LogP contribution in [-0.2, 0) is 9.59 Å². The molecule has 19 heavy (non-hydrogen) atoms. The van der Waals surface area contributed by atoms with Gasteiger partial charge in [0.25, 0.3) is 0 Å². The second-order valence-electron chi connectivity index (χ2n) is 3.80. The third kappa shape index (κ3) is 4.26. The highest BCUT2D eigenvalue weighted by atomic mass is 16.4. The Bertz CT molecular complexity index is 474. The molecule has 1 aromatic rings. The zero-order chi connectivity index (χ0) is 14.4. The number of likely N-dealkylation sites (N-methyl/N-ethyl adjacent to an activating group) is 1. The van der Waals surface area contributed by atoms with Crippen LogP contribution in [0.15, 0.2) is 29.6 Å². The van der Waals surface area contributed by atoms with Gasteiger partial charge < -0.3 is 15.1 Å². The molecule has 8 nitrogen and oxygen atoms in total. The van der Waals surface area contributed by atoms with Crippen molar-refractivity contribution < 1.29 is 19.8 Å². The van der Waals surface area contributed by atoms with Crippen molar-refractivity contribution in [3.05, 3.63) is 29.2 Å². The number of aliphatic carboxylic acids is 2. The molecule has 1 aromatic carbocycles. The second kappa shape index (κ2) is 6.34. The first-order valence-corrected chi connectivity index (χ1v) is 5.29. The topological polar surface area (TPSA) is 111 Å². The Kier molecular flexibility index (Phi) is 4.81. The average Bonchev–Trinajstić information content (AvgIpc) is 2.35. The van der Waals surface area contributed by atoms with Crippen molar-refractivity contribution in [1.82, 2.24) is 0 Å². The van der Waals surface area contributed by atoms with E-state index in [1.165, 1.54) is 17.0 Å². The van der Waals surface area contributed by atoms with Crippen LogP contribution in [0.2, 0.25) is 0 Å². The van der Waals surface area contributed by atoms with Gasteiger partial charge >= 0.3 is 11.9 Å². The Balaban J connectivity index is 2.82. The van der Waals surface area contributed by atoms with Gasteiger partial charge in [0, 0.05) is 12.7 Å². The lowest BCUT2D eigenvalue weighted by Gasteiger charge is -2.18. The molecule has 0 bridgehead atoms. The predicted octanol–water partition coefficient (Wildman–Crippen LogP) is 0.780. The van der Waals surface area contributed by atoms with E-state index in [4.69, 9.17) is 10.2 Å². The molecular weight excluding hydrogens is 254 g/mol. The van der Waals surface area contributed by atoms with E-state index in [2.05, 4.69) is 5.29 Å². The molecule has 0 fully saturated rings. The summed E-state index contributed by atoms with van der Waals surface area (Å²) in [6.07, 6.45) is 0. The minimum Gasteiger partial charge on any atom is -0.480 e. The van der Waals surface area contributed by atoms with Gasteiger partial charge in [0.2, 0.25) is 0 Å². The zero-order valence-electron chi connectivity index (χ0n) is 10.2. The lowest BCUT2D eigenvalue weighted by molar-refractivity contribution is -0.136. The summed E-state index contributed by atoms with van der Waals surface area (Å²) in [5, 5.41) is 20.7. The van der Waals surface area contributed by atoms with E-state index in [0.717, 1.165) is 5.01 Å². The number of rotatable bonds is 7. The molecule has 0 spiro atoms. The third-order valence-corrected chi connectivity index (χ3v) is 2.34. The average molecular weight is 267 g/mol. The SMILES string of the molecule is CN(CC(=O)O)c1ccc(N(CC(=O)O)N=O)cc1. The number of nitroso groups, excluding NO2 is 1. The minimum atomic E-state index is -1.17. The first-order chi connectivity index (χ1) is 8.93. The molecule has 0 radical (unpaired) electrons. The Labute approximate surface area is 108 Å². The molecule has 0 aliphatic rings. The van der Waals surface area contributed by atoms with Crippen LogP contribution in [0.5, 0.6) is 0 Å². The fourth-order valence-electron chi connectivity index (χ4n) is 1.47. The molecule has 1 rings (SSSR count). The summed E-state index contributed by atoms with van der Waals surface area (Å²) in [6.45, 7) is -0.696. The highest BCUT2D eigenvalue weighted by Crippen LogP contribution is 2.20. The summed E-state index contributed by atoms with van der Waals surface area (Å²) in [4.78, 5) is 33.1. The lowest BCUT2D eigenvalue weighted by atomic mass is 10.2. The highest BCUT2D eigenvalue weighted by Gasteiger charge is 2.12. The Morgan fingerprint density at radius 1 is 1.05 bits per heavy atom. The van der Waals surface area contributed by atoms with Crippen LogP contribution < -0.4 is 9.91 Å². The van der Waals surface area contributed by atoms with Crippen molar-refractivity contribution in [2.24, 2.45) is 5.29 Å². The molecular formula is C11H13N3O5. The van der Waals surface area contributed by atoms with Gasteiger partial charge in [-0.05, 0) is 24.3 Å². The summed E-state index contributed by atoms with van der Waals surface area (Å²) in [5.41, 5.74) is 0.956. The van der Waals surface area contributed by atoms with Crippen molar-refractivity contribution in [1.29, 1.82) is 0 Å². The number of carboxylic acids is 2. The number of hydrogen-bond donors (Lipinski definition) is 2. The Hall–Kier alpha value is -2.64. The summed E-state index contributed by atoms with van der Waals surface area (Å²) >= 11 is 0. The van der Waals surface area contributed by atoms with Crippen LogP contribution in [0, 0.1) is 4.91 Å². The summed E-state index contributed by atoms with van der Waals surface area (Å²) in [7, 11) is 1.61. The van der Waals surface area contributed by atoms with Gasteiger partial charge in [-0.3, -0.25) is 9.59 Å². The lowest BCUT2D eigenvalue weighted by Crippen LogP contribution is -2.25. The van der Waals surface area contributed by atoms with Crippen LogP contribution in [-0.4, -0.2) is 42.3 Å². The van der Waals surface area contributed by atoms with Gasteiger partial charge in [0.1, 0.15) is 13.1 Å². The van der Waals surface area contributed by atoms with E-state index >= 15 is 0 Å². The zero-order valence-corrected chi connectivity index (χ0v) is 10.2. The fraction of sp³-hybridized carbons (Fsp3) is 0.273. The first-order valence-electron chi connectivity index (χ1n) is 5.29. The van der Waals surface area contributed by atoms with Crippen molar-refractivity contribution >= 4 is 23.3 Å². The summed E-state index contributed by atoms with van der Waals surface area (Å²) in [6, 6.07) is 6.16. The maximum absolute atomic E-state index is 10.6. The number of benzene rings is 1. The first kappa shape index (κ1) is 14.4. The van der Waals surface area contributed by atoms with E-state index in [0.29, 0.717) is 11.4 Å². The van der Waals surface area contributed by atoms with Gasteiger partial charge in [0.15, 0.2) is 0 Å². The maximum atomic E-state index is 10.6. The quantitative estimate of drug-likeness (QED) is 0.554. The van der Waals surface area contributed by atoms with Crippen LogP contribution >= 0.6 is 0 Å². The molecule has 0 aliphatic carbocycles. The van der Waals surface area contributed by atoms with E-state index in [1.54, 1.807) is 19.2 Å². The number of carbonyl (C=O) groups is 2. The number of hydrogen-bond acceptors (Lipinski definition) is 5. The van der Waals surface area contributed by atoms with Gasteiger partial charge in [-0.15, -0.1) is 4.91 Å².